The van der Waals surface area contributed by atoms with E-state index in [0.717, 1.165) is 38.9 Å². The van der Waals surface area contributed by atoms with Crippen LogP contribution in [0.15, 0.2) is 126 Å². The van der Waals surface area contributed by atoms with E-state index in [2.05, 4.69) is 112 Å². The van der Waals surface area contributed by atoms with Crippen molar-refractivity contribution >= 4 is 61.3 Å². The summed E-state index contributed by atoms with van der Waals surface area (Å²) in [4.78, 5) is 14.3. The van der Waals surface area contributed by atoms with Crippen molar-refractivity contribution in [3.8, 4) is 22.5 Å². The fourth-order valence-corrected chi connectivity index (χ4v) is 7.44. The summed E-state index contributed by atoms with van der Waals surface area (Å²) in [6.07, 6.45) is 0. The summed E-state index contributed by atoms with van der Waals surface area (Å²) in [6, 6.07) is 42.7. The van der Waals surface area contributed by atoms with Gasteiger partial charge in [0.15, 0.2) is 0 Å². The molecule has 2 aliphatic rings. The number of benzene rings is 6. The maximum atomic E-state index is 14.3. The lowest BCUT2D eigenvalue weighted by molar-refractivity contribution is 0.830. The summed E-state index contributed by atoms with van der Waals surface area (Å²) in [5.74, 6) is 0. The fourth-order valence-electron chi connectivity index (χ4n) is 7.44. The van der Waals surface area contributed by atoms with Gasteiger partial charge in [0.1, 0.15) is 0 Å². The van der Waals surface area contributed by atoms with Crippen LogP contribution in [0.5, 0.6) is 0 Å². The summed E-state index contributed by atoms with van der Waals surface area (Å²) in [5, 5.41) is 5.75. The topological polar surface area (TPSA) is 31.9 Å². The lowest BCUT2D eigenvalue weighted by atomic mass is 9.49. The first kappa shape index (κ1) is 20.6. The van der Waals surface area contributed by atoms with Crippen LogP contribution in [0.25, 0.3) is 66.0 Å². The average molecular weight is 509 g/mol. The Morgan fingerprint density at radius 3 is 2.30 bits per heavy atom. The summed E-state index contributed by atoms with van der Waals surface area (Å²) in [5.41, 5.74) is 10.2. The molecule has 0 N–H and O–H groups in total. The molecule has 5 heteroatoms. The predicted molar refractivity (Wildman–Crippen MR) is 165 cm³/mol. The number of hydrogen-bond donors (Lipinski definition) is 0. The van der Waals surface area contributed by atoms with E-state index < -0.39 is 0 Å². The van der Waals surface area contributed by atoms with Gasteiger partial charge >= 0.3 is 6.85 Å². The molecule has 0 saturated carbocycles. The maximum Gasteiger partial charge on any atom is 0.357 e. The van der Waals surface area contributed by atoms with Gasteiger partial charge < -0.3 is 4.57 Å². The second-order valence-electron chi connectivity index (χ2n) is 10.9. The highest BCUT2D eigenvalue weighted by Crippen LogP contribution is 2.40. The quantitative estimate of drug-likeness (QED) is 0.250. The van der Waals surface area contributed by atoms with Gasteiger partial charge in [-0.15, -0.1) is 0 Å². The first-order valence-corrected chi connectivity index (χ1v) is 13.7. The molecule has 10 rings (SSSR count). The molecule has 2 aliphatic heterocycles. The second kappa shape index (κ2) is 7.02. The van der Waals surface area contributed by atoms with Crippen LogP contribution in [-0.2, 0) is 0 Å². The van der Waals surface area contributed by atoms with Gasteiger partial charge in [0, 0.05) is 21.9 Å². The number of fused-ring (bicyclic) bond motifs is 13. The molecule has 0 unspecified atom stereocenters. The van der Waals surface area contributed by atoms with Crippen LogP contribution in [0.2, 0.25) is 0 Å². The minimum Gasteiger partial charge on any atom is -0.310 e. The Hall–Kier alpha value is -5.29. The smallest absolute Gasteiger partial charge is 0.310 e. The van der Waals surface area contributed by atoms with Gasteiger partial charge in [-0.25, -0.2) is 0 Å². The van der Waals surface area contributed by atoms with Crippen molar-refractivity contribution in [2.24, 2.45) is 0 Å². The van der Waals surface area contributed by atoms with E-state index in [-0.39, 0.29) is 12.4 Å². The molecule has 6 aromatic carbocycles. The molecule has 40 heavy (non-hydrogen) atoms. The zero-order valence-electron chi connectivity index (χ0n) is 21.4. The van der Waals surface area contributed by atoms with E-state index in [0.29, 0.717) is 0 Å². The van der Waals surface area contributed by atoms with E-state index in [1.807, 2.05) is 22.8 Å². The van der Waals surface area contributed by atoms with Crippen LogP contribution >= 0.6 is 0 Å². The molecular weight excluding hydrogens is 489 g/mol. The van der Waals surface area contributed by atoms with E-state index >= 15 is 0 Å². The number of aromatic nitrogens is 3. The molecule has 0 fully saturated rings. The van der Waals surface area contributed by atoms with Crippen LogP contribution in [0.3, 0.4) is 0 Å². The molecule has 4 heterocycles. The normalized spacial score (nSPS) is 13.1. The van der Waals surface area contributed by atoms with E-state index in [1.165, 1.54) is 38.0 Å². The Morgan fingerprint density at radius 2 is 1.38 bits per heavy atom. The van der Waals surface area contributed by atoms with Crippen molar-refractivity contribution in [2.75, 3.05) is 0 Å². The average Bonchev–Trinajstić information content (AvgIpc) is 3.64. The van der Waals surface area contributed by atoms with E-state index in [1.54, 1.807) is 0 Å². The fraction of sp³-hybridized carbons (Fsp3) is 0. The van der Waals surface area contributed by atoms with Crippen molar-refractivity contribution in [1.82, 2.24) is 13.8 Å². The third kappa shape index (κ3) is 2.30. The van der Waals surface area contributed by atoms with E-state index in [4.69, 9.17) is 0 Å². The first-order chi connectivity index (χ1) is 19.8. The van der Waals surface area contributed by atoms with Crippen molar-refractivity contribution < 1.29 is 0 Å². The SMILES string of the molecule is O=c1c2cc(-c3ccccc3)ccc2n2n1B1c3ccccc3-n3c4ccc5ccccc5c4c4ccc-2c1c43. The first-order valence-electron chi connectivity index (χ1n) is 13.7. The minimum absolute atomic E-state index is 0.0481. The summed E-state index contributed by atoms with van der Waals surface area (Å²) < 4.78 is 6.57. The standard InChI is InChI=1S/C35H20BN3O/c40-35-26-20-23(21-8-2-1-3-9-21)15-17-28(26)38-31-19-16-25-32-24-11-5-4-10-22(24)14-18-30(32)37-29-13-7-6-12-27(29)36(39(35)38)33(31)34(25)37/h1-20H. The molecule has 4 nitrogen and oxygen atoms in total. The van der Waals surface area contributed by atoms with Crippen LogP contribution in [0, 0.1) is 0 Å². The summed E-state index contributed by atoms with van der Waals surface area (Å²) in [7, 11) is 0. The lowest BCUT2D eigenvalue weighted by Crippen LogP contribution is -2.53. The Labute approximate surface area is 229 Å². The number of hydrogen-bond acceptors (Lipinski definition) is 1. The number of para-hydroxylation sites is 1. The highest BCUT2D eigenvalue weighted by molar-refractivity contribution is 6.88. The Morgan fingerprint density at radius 1 is 0.575 bits per heavy atom. The van der Waals surface area contributed by atoms with Crippen LogP contribution in [-0.4, -0.2) is 20.7 Å². The molecule has 0 spiro atoms. The van der Waals surface area contributed by atoms with Gasteiger partial charge in [-0.05, 0) is 57.7 Å². The summed E-state index contributed by atoms with van der Waals surface area (Å²) in [6.45, 7) is -0.182. The zero-order valence-corrected chi connectivity index (χ0v) is 21.4. The van der Waals surface area contributed by atoms with E-state index in [9.17, 15) is 4.79 Å². The van der Waals surface area contributed by atoms with Gasteiger partial charge in [-0.1, -0.05) is 91.0 Å². The van der Waals surface area contributed by atoms with Crippen molar-refractivity contribution in [2.45, 2.75) is 0 Å². The van der Waals surface area contributed by atoms with Crippen molar-refractivity contribution in [3.63, 3.8) is 0 Å². The minimum atomic E-state index is -0.182. The Balaban J connectivity index is 1.37. The lowest BCUT2D eigenvalue weighted by Gasteiger charge is -2.23. The van der Waals surface area contributed by atoms with Crippen molar-refractivity contribution in [3.05, 3.63) is 132 Å². The molecular formula is C35H20BN3O. The van der Waals surface area contributed by atoms with Crippen LogP contribution in [0.4, 0.5) is 0 Å². The number of rotatable bonds is 1. The van der Waals surface area contributed by atoms with Gasteiger partial charge in [0.05, 0.1) is 27.6 Å². The van der Waals surface area contributed by atoms with Crippen LogP contribution < -0.4 is 16.5 Å². The second-order valence-corrected chi connectivity index (χ2v) is 10.9. The van der Waals surface area contributed by atoms with Gasteiger partial charge in [0.2, 0.25) is 0 Å². The van der Waals surface area contributed by atoms with Gasteiger partial charge in [-0.2, -0.15) is 0 Å². The monoisotopic (exact) mass is 509 g/mol. The zero-order chi connectivity index (χ0) is 26.1. The largest absolute Gasteiger partial charge is 0.357 e. The Bertz CT molecular complexity index is 2460. The third-order valence-corrected chi connectivity index (χ3v) is 9.04. The molecule has 0 bridgehead atoms. The molecule has 0 aliphatic carbocycles. The Kier molecular flexibility index (Phi) is 3.62. The highest BCUT2D eigenvalue weighted by atomic mass is 16.1. The molecule has 0 saturated heterocycles. The summed E-state index contributed by atoms with van der Waals surface area (Å²) >= 11 is 0. The third-order valence-electron chi connectivity index (χ3n) is 9.04. The van der Waals surface area contributed by atoms with Gasteiger partial charge in [0.25, 0.3) is 5.56 Å². The molecule has 2 aromatic heterocycles. The molecule has 8 aromatic rings. The maximum absolute atomic E-state index is 14.3. The highest BCUT2D eigenvalue weighted by Gasteiger charge is 2.44. The molecule has 0 atom stereocenters. The van der Waals surface area contributed by atoms with Crippen LogP contribution in [0.1, 0.15) is 0 Å². The van der Waals surface area contributed by atoms with Crippen molar-refractivity contribution in [1.29, 1.82) is 0 Å². The predicted octanol–water partition coefficient (Wildman–Crippen LogP) is 5.99. The molecule has 0 amide bonds. The molecule has 184 valence electrons. The number of nitrogens with zero attached hydrogens (tertiary/aromatic N) is 3. The molecule has 0 radical (unpaired) electrons. The van der Waals surface area contributed by atoms with Gasteiger partial charge in [-0.3, -0.25) is 14.1 Å².